The molecule has 0 spiro atoms. The summed E-state index contributed by atoms with van der Waals surface area (Å²) in [4.78, 5) is 13.5. The number of nitrogens with one attached hydrogen (secondary N) is 1. The lowest BCUT2D eigenvalue weighted by molar-refractivity contribution is 0.588. The van der Waals surface area contributed by atoms with E-state index < -0.39 is 0 Å². The molecule has 0 saturated carbocycles. The van der Waals surface area contributed by atoms with Gasteiger partial charge in [-0.2, -0.15) is 0 Å². The largest absolute Gasteiger partial charge is 0.358 e. The van der Waals surface area contributed by atoms with Crippen LogP contribution in [-0.2, 0) is 0 Å². The van der Waals surface area contributed by atoms with Crippen molar-refractivity contribution in [2.45, 2.75) is 33.7 Å². The van der Waals surface area contributed by atoms with E-state index in [9.17, 15) is 0 Å². The van der Waals surface area contributed by atoms with Gasteiger partial charge in [-0.25, -0.2) is 9.97 Å². The molecule has 0 atom stereocenters. The average molecular weight is 278 g/mol. The molecule has 0 aliphatic rings. The molecule has 19 heavy (non-hydrogen) atoms. The topological polar surface area (TPSA) is 41.1 Å². The summed E-state index contributed by atoms with van der Waals surface area (Å²) >= 11 is 1.75. The van der Waals surface area contributed by atoms with E-state index in [0.717, 1.165) is 23.7 Å². The van der Waals surface area contributed by atoms with E-state index >= 15 is 0 Å². The van der Waals surface area contributed by atoms with Gasteiger partial charge in [0, 0.05) is 31.1 Å². The maximum atomic E-state index is 4.47. The number of thiophene rings is 1. The van der Waals surface area contributed by atoms with E-state index in [1.165, 1.54) is 15.8 Å². The molecule has 0 aromatic carbocycles. The Labute approximate surface area is 118 Å². The van der Waals surface area contributed by atoms with Crippen LogP contribution in [0.3, 0.4) is 0 Å². The summed E-state index contributed by atoms with van der Waals surface area (Å²) in [5.41, 5.74) is 1.30. The minimum absolute atomic E-state index is 0.518. The molecular weight excluding hydrogens is 256 g/mol. The maximum absolute atomic E-state index is 4.47. The molecule has 4 nitrogen and oxygen atoms in total. The third-order valence-corrected chi connectivity index (χ3v) is 4.42. The lowest BCUT2D eigenvalue weighted by atomic mass is 10.2. The van der Waals surface area contributed by atoms with Gasteiger partial charge in [-0.05, 0) is 19.4 Å². The molecule has 104 valence electrons. The van der Waals surface area contributed by atoms with Gasteiger partial charge in [0.05, 0.1) is 5.39 Å². The van der Waals surface area contributed by atoms with E-state index in [0.29, 0.717) is 6.04 Å². The highest BCUT2D eigenvalue weighted by molar-refractivity contribution is 7.18. The van der Waals surface area contributed by atoms with Gasteiger partial charge in [0.1, 0.15) is 17.0 Å². The smallest absolute Gasteiger partial charge is 0.140 e. The van der Waals surface area contributed by atoms with Crippen molar-refractivity contribution in [1.82, 2.24) is 15.3 Å². The van der Waals surface area contributed by atoms with Crippen molar-refractivity contribution >= 4 is 27.4 Å². The second-order valence-electron chi connectivity index (χ2n) is 5.19. The van der Waals surface area contributed by atoms with E-state index in [2.05, 4.69) is 54.9 Å². The normalized spacial score (nSPS) is 11.5. The Balaban J connectivity index is 2.24. The van der Waals surface area contributed by atoms with Crippen molar-refractivity contribution in [2.75, 3.05) is 25.0 Å². The summed E-state index contributed by atoms with van der Waals surface area (Å²) in [6.45, 7) is 10.5. The standard InChI is InChI=1S/C14H22N4S/c1-9(2)15-6-7-18(5)13-12-10(3)11(4)19-14(12)17-8-16-13/h8-9,15H,6-7H2,1-5H3. The first-order chi connectivity index (χ1) is 9.00. The first-order valence-corrected chi connectivity index (χ1v) is 7.47. The van der Waals surface area contributed by atoms with Crippen LogP contribution in [0, 0.1) is 13.8 Å². The summed E-state index contributed by atoms with van der Waals surface area (Å²) < 4.78 is 0. The van der Waals surface area contributed by atoms with Crippen molar-refractivity contribution in [3.05, 3.63) is 16.8 Å². The van der Waals surface area contributed by atoms with E-state index in [1.807, 2.05) is 0 Å². The molecule has 0 aliphatic heterocycles. The van der Waals surface area contributed by atoms with Crippen molar-refractivity contribution in [3.8, 4) is 0 Å². The van der Waals surface area contributed by atoms with Crippen LogP contribution in [0.1, 0.15) is 24.3 Å². The lowest BCUT2D eigenvalue weighted by Crippen LogP contribution is -2.33. The molecule has 2 heterocycles. The van der Waals surface area contributed by atoms with Crippen LogP contribution in [0.15, 0.2) is 6.33 Å². The van der Waals surface area contributed by atoms with Crippen LogP contribution in [-0.4, -0.2) is 36.1 Å². The van der Waals surface area contributed by atoms with Gasteiger partial charge in [0.2, 0.25) is 0 Å². The Morgan fingerprint density at radius 3 is 2.74 bits per heavy atom. The van der Waals surface area contributed by atoms with Gasteiger partial charge in [0.15, 0.2) is 0 Å². The number of hydrogen-bond acceptors (Lipinski definition) is 5. The minimum Gasteiger partial charge on any atom is -0.358 e. The van der Waals surface area contributed by atoms with Gasteiger partial charge in [-0.15, -0.1) is 11.3 Å². The Morgan fingerprint density at radius 1 is 1.32 bits per heavy atom. The molecule has 0 radical (unpaired) electrons. The molecule has 0 amide bonds. The fourth-order valence-electron chi connectivity index (χ4n) is 2.08. The van der Waals surface area contributed by atoms with Crippen LogP contribution in [0.2, 0.25) is 0 Å². The molecule has 0 unspecified atom stereocenters. The molecule has 2 aromatic rings. The van der Waals surface area contributed by atoms with Crippen LogP contribution in [0.5, 0.6) is 0 Å². The number of anilines is 1. The summed E-state index contributed by atoms with van der Waals surface area (Å²) in [6.07, 6.45) is 1.67. The monoisotopic (exact) mass is 278 g/mol. The highest BCUT2D eigenvalue weighted by atomic mass is 32.1. The summed E-state index contributed by atoms with van der Waals surface area (Å²) in [6, 6.07) is 0.518. The highest BCUT2D eigenvalue weighted by Gasteiger charge is 2.14. The SMILES string of the molecule is Cc1sc2ncnc(N(C)CCNC(C)C)c2c1C. The third kappa shape index (κ3) is 3.04. The average Bonchev–Trinajstić information content (AvgIpc) is 2.64. The molecule has 2 rings (SSSR count). The second kappa shape index (κ2) is 5.84. The zero-order valence-electron chi connectivity index (χ0n) is 12.3. The zero-order chi connectivity index (χ0) is 14.0. The molecule has 0 saturated heterocycles. The quantitative estimate of drug-likeness (QED) is 0.913. The molecule has 1 N–H and O–H groups in total. The predicted octanol–water partition coefficient (Wildman–Crippen LogP) is 2.74. The fraction of sp³-hybridized carbons (Fsp3) is 0.571. The van der Waals surface area contributed by atoms with Crippen molar-refractivity contribution < 1.29 is 0 Å². The Kier molecular flexibility index (Phi) is 4.37. The first kappa shape index (κ1) is 14.2. The maximum Gasteiger partial charge on any atom is 0.140 e. The van der Waals surface area contributed by atoms with Crippen LogP contribution in [0.25, 0.3) is 10.2 Å². The van der Waals surface area contributed by atoms with Gasteiger partial charge < -0.3 is 10.2 Å². The molecule has 0 bridgehead atoms. The van der Waals surface area contributed by atoms with Gasteiger partial charge in [-0.3, -0.25) is 0 Å². The van der Waals surface area contributed by atoms with Gasteiger partial charge in [0.25, 0.3) is 0 Å². The third-order valence-electron chi connectivity index (χ3n) is 3.31. The molecule has 2 aromatic heterocycles. The highest BCUT2D eigenvalue weighted by Crippen LogP contribution is 2.33. The molecular formula is C14H22N4S. The van der Waals surface area contributed by atoms with Crippen LogP contribution >= 0.6 is 11.3 Å². The summed E-state index contributed by atoms with van der Waals surface area (Å²) in [5.74, 6) is 1.04. The number of aromatic nitrogens is 2. The molecule has 5 heteroatoms. The van der Waals surface area contributed by atoms with Crippen molar-refractivity contribution in [3.63, 3.8) is 0 Å². The van der Waals surface area contributed by atoms with Gasteiger partial charge in [-0.1, -0.05) is 13.8 Å². The van der Waals surface area contributed by atoms with E-state index in [-0.39, 0.29) is 0 Å². The fourth-order valence-corrected chi connectivity index (χ4v) is 3.07. The number of aryl methyl sites for hydroxylation is 2. The molecule has 0 fully saturated rings. The van der Waals surface area contributed by atoms with Crippen molar-refractivity contribution in [2.24, 2.45) is 0 Å². The number of fused-ring (bicyclic) bond motifs is 1. The Hall–Kier alpha value is -1.20. The molecule has 0 aliphatic carbocycles. The summed E-state index contributed by atoms with van der Waals surface area (Å²) in [7, 11) is 2.09. The Morgan fingerprint density at radius 2 is 2.05 bits per heavy atom. The van der Waals surface area contributed by atoms with Crippen molar-refractivity contribution in [1.29, 1.82) is 0 Å². The summed E-state index contributed by atoms with van der Waals surface area (Å²) in [5, 5.41) is 4.64. The zero-order valence-corrected chi connectivity index (χ0v) is 13.1. The number of hydrogen-bond donors (Lipinski definition) is 1. The predicted molar refractivity (Wildman–Crippen MR) is 83.3 cm³/mol. The number of rotatable bonds is 5. The van der Waals surface area contributed by atoms with Crippen LogP contribution in [0.4, 0.5) is 5.82 Å². The first-order valence-electron chi connectivity index (χ1n) is 6.66. The van der Waals surface area contributed by atoms with Gasteiger partial charge >= 0.3 is 0 Å². The second-order valence-corrected chi connectivity index (χ2v) is 6.39. The number of nitrogens with zero attached hydrogens (tertiary/aromatic N) is 3. The van der Waals surface area contributed by atoms with E-state index in [1.54, 1.807) is 17.7 Å². The van der Waals surface area contributed by atoms with Crippen LogP contribution < -0.4 is 10.2 Å². The Bertz CT molecular complexity index is 562. The minimum atomic E-state index is 0.518. The lowest BCUT2D eigenvalue weighted by Gasteiger charge is -2.20. The number of likely N-dealkylation sites (N-methyl/N-ethyl adjacent to an activating group) is 1. The van der Waals surface area contributed by atoms with E-state index in [4.69, 9.17) is 0 Å².